The fourth-order valence-corrected chi connectivity index (χ4v) is 3.90. The van der Waals surface area contributed by atoms with Crippen LogP contribution in [0.15, 0.2) is 0 Å². The van der Waals surface area contributed by atoms with E-state index in [0.717, 1.165) is 25.6 Å². The van der Waals surface area contributed by atoms with Crippen molar-refractivity contribution in [3.8, 4) is 0 Å². The first-order valence-corrected chi connectivity index (χ1v) is 8.03. The van der Waals surface area contributed by atoms with Gasteiger partial charge in [0.2, 0.25) is 0 Å². The number of morpholine rings is 1. The number of nitrogens with one attached hydrogen (secondary N) is 1. The van der Waals surface area contributed by atoms with Crippen molar-refractivity contribution in [3.63, 3.8) is 0 Å². The predicted molar refractivity (Wildman–Crippen MR) is 80.4 cm³/mol. The molecule has 3 nitrogen and oxygen atoms in total. The molecule has 4 unspecified atom stereocenters. The van der Waals surface area contributed by atoms with Gasteiger partial charge in [0, 0.05) is 25.2 Å². The summed E-state index contributed by atoms with van der Waals surface area (Å²) in [7, 11) is 0. The van der Waals surface area contributed by atoms with E-state index in [2.05, 4.69) is 44.8 Å². The van der Waals surface area contributed by atoms with E-state index in [1.54, 1.807) is 0 Å². The highest BCUT2D eigenvalue weighted by Crippen LogP contribution is 2.41. The maximum Gasteiger partial charge on any atom is 0.0674 e. The normalized spacial score (nSPS) is 39.6. The second kappa shape index (κ2) is 6.11. The number of rotatable bonds is 4. The van der Waals surface area contributed by atoms with Crippen LogP contribution in [0.1, 0.15) is 47.5 Å². The van der Waals surface area contributed by atoms with Gasteiger partial charge in [-0.05, 0) is 44.6 Å². The third-order valence-electron chi connectivity index (χ3n) is 5.10. The summed E-state index contributed by atoms with van der Waals surface area (Å²) >= 11 is 0. The smallest absolute Gasteiger partial charge is 0.0674 e. The Morgan fingerprint density at radius 2 is 2.05 bits per heavy atom. The van der Waals surface area contributed by atoms with Crippen molar-refractivity contribution < 1.29 is 4.74 Å². The molecule has 4 atom stereocenters. The third-order valence-corrected chi connectivity index (χ3v) is 5.10. The highest BCUT2D eigenvalue weighted by Gasteiger charge is 2.42. The predicted octanol–water partition coefficient (Wildman–Crippen LogP) is 2.51. The first kappa shape index (κ1) is 15.3. The summed E-state index contributed by atoms with van der Waals surface area (Å²) in [6.45, 7) is 15.9. The van der Waals surface area contributed by atoms with Crippen molar-refractivity contribution >= 4 is 0 Å². The number of hydrogen-bond acceptors (Lipinski definition) is 3. The lowest BCUT2D eigenvalue weighted by Gasteiger charge is -2.40. The molecule has 0 spiro atoms. The summed E-state index contributed by atoms with van der Waals surface area (Å²) in [5.41, 5.74) is 0.446. The molecule has 0 bridgehead atoms. The van der Waals surface area contributed by atoms with Gasteiger partial charge in [-0.3, -0.25) is 4.90 Å². The lowest BCUT2D eigenvalue weighted by atomic mass is 9.84. The van der Waals surface area contributed by atoms with Crippen molar-refractivity contribution in [2.24, 2.45) is 11.3 Å². The molecule has 112 valence electrons. The molecule has 1 aliphatic carbocycles. The SMILES string of the molecule is CCNC1C(CN2CC(C)OCC2C)CCC1(C)C. The molecule has 1 heterocycles. The molecule has 1 saturated carbocycles. The highest BCUT2D eigenvalue weighted by atomic mass is 16.5. The van der Waals surface area contributed by atoms with Gasteiger partial charge in [0.15, 0.2) is 0 Å². The average Bonchev–Trinajstić information content (AvgIpc) is 2.62. The summed E-state index contributed by atoms with van der Waals surface area (Å²) in [6.07, 6.45) is 3.11. The standard InChI is InChI=1S/C16H32N2O/c1-6-17-15-14(7-8-16(15,4)5)10-18-9-13(3)19-11-12(18)2/h12-15,17H,6-11H2,1-5H3. The van der Waals surface area contributed by atoms with E-state index in [1.165, 1.54) is 19.4 Å². The molecule has 1 N–H and O–H groups in total. The Balaban J connectivity index is 1.97. The molecule has 19 heavy (non-hydrogen) atoms. The van der Waals surface area contributed by atoms with Gasteiger partial charge in [-0.2, -0.15) is 0 Å². The third kappa shape index (κ3) is 3.50. The first-order valence-electron chi connectivity index (χ1n) is 8.03. The zero-order valence-corrected chi connectivity index (χ0v) is 13.4. The number of nitrogens with zero attached hydrogens (tertiary/aromatic N) is 1. The molecule has 2 rings (SSSR count). The molecular formula is C16H32N2O. The Morgan fingerprint density at radius 1 is 1.32 bits per heavy atom. The Kier molecular flexibility index (Phi) is 4.91. The van der Waals surface area contributed by atoms with E-state index < -0.39 is 0 Å². The molecular weight excluding hydrogens is 236 g/mol. The van der Waals surface area contributed by atoms with Crippen LogP contribution in [0.5, 0.6) is 0 Å². The van der Waals surface area contributed by atoms with Crippen LogP contribution in [-0.4, -0.2) is 49.3 Å². The Bertz CT molecular complexity index is 292. The van der Waals surface area contributed by atoms with Crippen LogP contribution in [0.4, 0.5) is 0 Å². The second-order valence-electron chi connectivity index (χ2n) is 7.27. The van der Waals surface area contributed by atoms with E-state index in [1.807, 2.05) is 0 Å². The van der Waals surface area contributed by atoms with Gasteiger partial charge < -0.3 is 10.1 Å². The van der Waals surface area contributed by atoms with Gasteiger partial charge in [0.05, 0.1) is 12.7 Å². The molecule has 0 aromatic rings. The molecule has 0 aromatic heterocycles. The maximum absolute atomic E-state index is 5.74. The Labute approximate surface area is 119 Å². The monoisotopic (exact) mass is 268 g/mol. The minimum absolute atomic E-state index is 0.392. The molecule has 0 aromatic carbocycles. The van der Waals surface area contributed by atoms with Crippen molar-refractivity contribution in [1.82, 2.24) is 10.2 Å². The quantitative estimate of drug-likeness (QED) is 0.848. The van der Waals surface area contributed by atoms with E-state index >= 15 is 0 Å². The van der Waals surface area contributed by atoms with Gasteiger partial charge in [-0.25, -0.2) is 0 Å². The van der Waals surface area contributed by atoms with Crippen LogP contribution in [0, 0.1) is 11.3 Å². The molecule has 0 amide bonds. The highest BCUT2D eigenvalue weighted by molar-refractivity contribution is 4.97. The van der Waals surface area contributed by atoms with Crippen LogP contribution in [0.2, 0.25) is 0 Å². The Hall–Kier alpha value is -0.120. The zero-order chi connectivity index (χ0) is 14.0. The molecule has 1 saturated heterocycles. The van der Waals surface area contributed by atoms with Gasteiger partial charge in [0.1, 0.15) is 0 Å². The van der Waals surface area contributed by atoms with Crippen molar-refractivity contribution in [1.29, 1.82) is 0 Å². The summed E-state index contributed by atoms with van der Waals surface area (Å²) in [5.74, 6) is 0.794. The Morgan fingerprint density at radius 3 is 2.74 bits per heavy atom. The fraction of sp³-hybridized carbons (Fsp3) is 1.00. The summed E-state index contributed by atoms with van der Waals surface area (Å²) in [6, 6.07) is 1.24. The first-order chi connectivity index (χ1) is 8.94. The topological polar surface area (TPSA) is 24.5 Å². The van der Waals surface area contributed by atoms with Crippen LogP contribution >= 0.6 is 0 Å². The van der Waals surface area contributed by atoms with Gasteiger partial charge in [-0.15, -0.1) is 0 Å². The molecule has 0 radical (unpaired) electrons. The van der Waals surface area contributed by atoms with Crippen molar-refractivity contribution in [2.75, 3.05) is 26.2 Å². The van der Waals surface area contributed by atoms with Crippen molar-refractivity contribution in [2.45, 2.75) is 65.6 Å². The zero-order valence-electron chi connectivity index (χ0n) is 13.4. The number of ether oxygens (including phenoxy) is 1. The molecule has 1 aliphatic heterocycles. The minimum atomic E-state index is 0.392. The summed E-state index contributed by atoms with van der Waals surface area (Å²) in [5, 5.41) is 3.74. The average molecular weight is 268 g/mol. The van der Waals surface area contributed by atoms with Crippen LogP contribution < -0.4 is 5.32 Å². The van der Waals surface area contributed by atoms with E-state index in [0.29, 0.717) is 23.6 Å². The number of hydrogen-bond donors (Lipinski definition) is 1. The summed E-state index contributed by atoms with van der Waals surface area (Å²) in [4.78, 5) is 2.64. The summed E-state index contributed by atoms with van der Waals surface area (Å²) < 4.78 is 5.74. The molecule has 2 fully saturated rings. The minimum Gasteiger partial charge on any atom is -0.376 e. The molecule has 2 aliphatic rings. The largest absolute Gasteiger partial charge is 0.376 e. The van der Waals surface area contributed by atoms with Gasteiger partial charge in [0.25, 0.3) is 0 Å². The van der Waals surface area contributed by atoms with E-state index in [4.69, 9.17) is 4.74 Å². The lowest BCUT2D eigenvalue weighted by molar-refractivity contribution is -0.0555. The van der Waals surface area contributed by atoms with Gasteiger partial charge >= 0.3 is 0 Å². The maximum atomic E-state index is 5.74. The van der Waals surface area contributed by atoms with Crippen LogP contribution in [-0.2, 0) is 4.74 Å². The lowest BCUT2D eigenvalue weighted by Crippen LogP contribution is -2.52. The van der Waals surface area contributed by atoms with Crippen LogP contribution in [0.3, 0.4) is 0 Å². The molecule has 3 heteroatoms. The van der Waals surface area contributed by atoms with Crippen LogP contribution in [0.25, 0.3) is 0 Å². The van der Waals surface area contributed by atoms with E-state index in [-0.39, 0.29) is 0 Å². The second-order valence-corrected chi connectivity index (χ2v) is 7.27. The van der Waals surface area contributed by atoms with Gasteiger partial charge in [-0.1, -0.05) is 20.8 Å². The van der Waals surface area contributed by atoms with Crippen molar-refractivity contribution in [3.05, 3.63) is 0 Å². The van der Waals surface area contributed by atoms with E-state index in [9.17, 15) is 0 Å². The fourth-order valence-electron chi connectivity index (χ4n) is 3.90.